The molecule has 0 unspecified atom stereocenters. The molecular weight excluding hydrogens is 252 g/mol. The van der Waals surface area contributed by atoms with Crippen LogP contribution < -0.4 is 5.32 Å². The molecule has 0 aliphatic rings. The number of anilines is 1. The predicted molar refractivity (Wildman–Crippen MR) is 76.6 cm³/mol. The van der Waals surface area contributed by atoms with Crippen LogP contribution in [0.25, 0.3) is 6.08 Å². The Bertz CT molecular complexity index is 707. The van der Waals surface area contributed by atoms with Crippen molar-refractivity contribution >= 4 is 17.7 Å². The van der Waals surface area contributed by atoms with Gasteiger partial charge in [-0.15, -0.1) is 0 Å². The lowest BCUT2D eigenvalue weighted by Crippen LogP contribution is -2.13. The fourth-order valence-corrected chi connectivity index (χ4v) is 1.75. The van der Waals surface area contributed by atoms with Gasteiger partial charge in [0.2, 0.25) is 0 Å². The van der Waals surface area contributed by atoms with Gasteiger partial charge in [0.25, 0.3) is 5.91 Å². The minimum atomic E-state index is -0.429. The molecule has 1 aromatic carbocycles. The molecule has 2 aromatic rings. The summed E-state index contributed by atoms with van der Waals surface area (Å²) in [6.07, 6.45) is 4.84. The second-order valence-corrected chi connectivity index (χ2v) is 4.44. The van der Waals surface area contributed by atoms with Crippen molar-refractivity contribution in [2.24, 2.45) is 7.05 Å². The van der Waals surface area contributed by atoms with Gasteiger partial charge in [0.05, 0.1) is 6.20 Å². The SMILES string of the molecule is Cc1cccc(NC(=O)/C(C#N)=C/c2cnn(C)c2)c1. The summed E-state index contributed by atoms with van der Waals surface area (Å²) >= 11 is 0. The Hall–Kier alpha value is -2.87. The molecule has 1 amide bonds. The average Bonchev–Trinajstić information content (AvgIpc) is 2.81. The Balaban J connectivity index is 2.18. The summed E-state index contributed by atoms with van der Waals surface area (Å²) in [6.45, 7) is 1.94. The predicted octanol–water partition coefficient (Wildman–Crippen LogP) is 2.27. The van der Waals surface area contributed by atoms with Crippen LogP contribution >= 0.6 is 0 Å². The lowest BCUT2D eigenvalue weighted by molar-refractivity contribution is -0.112. The second-order valence-electron chi connectivity index (χ2n) is 4.44. The molecule has 1 N–H and O–H groups in total. The first-order valence-corrected chi connectivity index (χ1v) is 6.07. The van der Waals surface area contributed by atoms with Gasteiger partial charge in [-0.1, -0.05) is 12.1 Å². The molecule has 2 rings (SSSR count). The molecule has 0 radical (unpaired) electrons. The summed E-state index contributed by atoms with van der Waals surface area (Å²) in [5, 5.41) is 15.8. The summed E-state index contributed by atoms with van der Waals surface area (Å²) in [6, 6.07) is 9.32. The maximum Gasteiger partial charge on any atom is 0.266 e. The molecule has 0 saturated heterocycles. The molecule has 0 aliphatic heterocycles. The highest BCUT2D eigenvalue weighted by molar-refractivity contribution is 6.09. The first-order chi connectivity index (χ1) is 9.58. The van der Waals surface area contributed by atoms with E-state index in [1.165, 1.54) is 6.08 Å². The van der Waals surface area contributed by atoms with Crippen LogP contribution in [0.2, 0.25) is 0 Å². The molecule has 0 atom stereocenters. The van der Waals surface area contributed by atoms with Gasteiger partial charge in [-0.25, -0.2) is 0 Å². The van der Waals surface area contributed by atoms with Gasteiger partial charge in [0.15, 0.2) is 0 Å². The van der Waals surface area contributed by atoms with Gasteiger partial charge in [0, 0.05) is 24.5 Å². The fourth-order valence-electron chi connectivity index (χ4n) is 1.75. The van der Waals surface area contributed by atoms with Crippen molar-refractivity contribution in [3.8, 4) is 6.07 Å². The van der Waals surface area contributed by atoms with E-state index in [1.807, 2.05) is 31.2 Å². The van der Waals surface area contributed by atoms with Gasteiger partial charge in [-0.3, -0.25) is 9.48 Å². The number of hydrogen-bond donors (Lipinski definition) is 1. The van der Waals surface area contributed by atoms with Crippen LogP contribution in [0.3, 0.4) is 0 Å². The van der Waals surface area contributed by atoms with E-state index in [1.54, 1.807) is 30.2 Å². The summed E-state index contributed by atoms with van der Waals surface area (Å²) in [4.78, 5) is 12.0. The Morgan fingerprint density at radius 1 is 1.50 bits per heavy atom. The zero-order valence-electron chi connectivity index (χ0n) is 11.3. The number of benzene rings is 1. The first kappa shape index (κ1) is 13.6. The van der Waals surface area contributed by atoms with E-state index >= 15 is 0 Å². The van der Waals surface area contributed by atoms with Crippen molar-refractivity contribution in [3.63, 3.8) is 0 Å². The number of nitriles is 1. The summed E-state index contributed by atoms with van der Waals surface area (Å²) in [7, 11) is 1.77. The van der Waals surface area contributed by atoms with E-state index in [4.69, 9.17) is 5.26 Å². The zero-order valence-corrected chi connectivity index (χ0v) is 11.3. The highest BCUT2D eigenvalue weighted by atomic mass is 16.1. The third-order valence-corrected chi connectivity index (χ3v) is 2.68. The smallest absolute Gasteiger partial charge is 0.266 e. The van der Waals surface area contributed by atoms with Crippen LogP contribution in [0.1, 0.15) is 11.1 Å². The third kappa shape index (κ3) is 3.33. The molecule has 1 aromatic heterocycles. The normalized spacial score (nSPS) is 10.9. The molecule has 100 valence electrons. The average molecular weight is 266 g/mol. The molecule has 20 heavy (non-hydrogen) atoms. The van der Waals surface area contributed by atoms with E-state index < -0.39 is 5.91 Å². The highest BCUT2D eigenvalue weighted by Crippen LogP contribution is 2.12. The molecule has 1 heterocycles. The maximum absolute atomic E-state index is 12.0. The van der Waals surface area contributed by atoms with Gasteiger partial charge >= 0.3 is 0 Å². The monoisotopic (exact) mass is 266 g/mol. The lowest BCUT2D eigenvalue weighted by Gasteiger charge is -2.04. The Morgan fingerprint density at radius 3 is 2.90 bits per heavy atom. The molecule has 0 spiro atoms. The van der Waals surface area contributed by atoms with Crippen LogP contribution in [-0.4, -0.2) is 15.7 Å². The van der Waals surface area contributed by atoms with Crippen LogP contribution in [0.4, 0.5) is 5.69 Å². The molecule has 0 aliphatic carbocycles. The Morgan fingerprint density at radius 2 is 2.30 bits per heavy atom. The summed E-state index contributed by atoms with van der Waals surface area (Å²) in [5.41, 5.74) is 2.46. The van der Waals surface area contributed by atoms with Crippen LogP contribution in [0, 0.1) is 18.3 Å². The van der Waals surface area contributed by atoms with Crippen LogP contribution in [-0.2, 0) is 11.8 Å². The molecular formula is C15H14N4O. The van der Waals surface area contributed by atoms with Gasteiger partial charge in [-0.2, -0.15) is 10.4 Å². The topological polar surface area (TPSA) is 70.7 Å². The van der Waals surface area contributed by atoms with E-state index in [0.717, 1.165) is 5.56 Å². The van der Waals surface area contributed by atoms with Gasteiger partial charge in [-0.05, 0) is 30.7 Å². The van der Waals surface area contributed by atoms with Gasteiger partial charge in [0.1, 0.15) is 11.6 Å². The minimum Gasteiger partial charge on any atom is -0.321 e. The van der Waals surface area contributed by atoms with E-state index in [9.17, 15) is 4.79 Å². The number of carbonyl (C=O) groups is 1. The standard InChI is InChI=1S/C15H14N4O/c1-11-4-3-5-14(6-11)18-15(20)13(8-16)7-12-9-17-19(2)10-12/h3-7,9-10H,1-2H3,(H,18,20)/b13-7+. The van der Waals surface area contributed by atoms with Crippen molar-refractivity contribution < 1.29 is 4.79 Å². The van der Waals surface area contributed by atoms with Crippen molar-refractivity contribution in [1.82, 2.24) is 9.78 Å². The Labute approximate surface area is 117 Å². The molecule has 0 bridgehead atoms. The zero-order chi connectivity index (χ0) is 14.5. The minimum absolute atomic E-state index is 0.0412. The lowest BCUT2D eigenvalue weighted by atomic mass is 10.2. The van der Waals surface area contributed by atoms with Crippen LogP contribution in [0.5, 0.6) is 0 Å². The number of aryl methyl sites for hydroxylation is 2. The number of hydrogen-bond acceptors (Lipinski definition) is 3. The number of nitrogens with zero attached hydrogens (tertiary/aromatic N) is 3. The largest absolute Gasteiger partial charge is 0.321 e. The van der Waals surface area contributed by atoms with Crippen molar-refractivity contribution in [2.75, 3.05) is 5.32 Å². The van der Waals surface area contributed by atoms with E-state index in [-0.39, 0.29) is 5.57 Å². The number of aromatic nitrogens is 2. The highest BCUT2D eigenvalue weighted by Gasteiger charge is 2.10. The summed E-state index contributed by atoms with van der Waals surface area (Å²) in [5.74, 6) is -0.429. The molecule has 0 fully saturated rings. The Kier molecular flexibility index (Phi) is 3.96. The quantitative estimate of drug-likeness (QED) is 0.684. The van der Waals surface area contributed by atoms with Crippen LogP contribution in [0.15, 0.2) is 42.2 Å². The molecule has 5 heteroatoms. The second kappa shape index (κ2) is 5.85. The van der Waals surface area contributed by atoms with Crippen molar-refractivity contribution in [1.29, 1.82) is 5.26 Å². The number of rotatable bonds is 3. The van der Waals surface area contributed by atoms with Gasteiger partial charge < -0.3 is 5.32 Å². The van der Waals surface area contributed by atoms with Crippen molar-refractivity contribution in [2.45, 2.75) is 6.92 Å². The van der Waals surface area contributed by atoms with E-state index in [2.05, 4.69) is 10.4 Å². The first-order valence-electron chi connectivity index (χ1n) is 6.07. The fraction of sp³-hybridized carbons (Fsp3) is 0.133. The number of carbonyl (C=O) groups excluding carboxylic acids is 1. The molecule has 0 saturated carbocycles. The number of amides is 1. The molecule has 5 nitrogen and oxygen atoms in total. The van der Waals surface area contributed by atoms with E-state index in [0.29, 0.717) is 11.3 Å². The third-order valence-electron chi connectivity index (χ3n) is 2.68. The maximum atomic E-state index is 12.0. The summed E-state index contributed by atoms with van der Waals surface area (Å²) < 4.78 is 1.61. The van der Waals surface area contributed by atoms with Crippen molar-refractivity contribution in [3.05, 3.63) is 53.4 Å². The number of nitrogens with one attached hydrogen (secondary N) is 1.